The van der Waals surface area contributed by atoms with E-state index in [4.69, 9.17) is 4.42 Å². The Morgan fingerprint density at radius 2 is 2.06 bits per heavy atom. The van der Waals surface area contributed by atoms with E-state index in [-0.39, 0.29) is 0 Å². The molecule has 0 saturated carbocycles. The van der Waals surface area contributed by atoms with Gasteiger partial charge < -0.3 is 9.52 Å². The predicted octanol–water partition coefficient (Wildman–Crippen LogP) is 4.05. The second kappa shape index (κ2) is 5.17. The number of para-hydroxylation sites is 1. The first-order valence-electron chi connectivity index (χ1n) is 5.97. The van der Waals surface area contributed by atoms with Gasteiger partial charge in [0.1, 0.15) is 5.58 Å². The van der Waals surface area contributed by atoms with Gasteiger partial charge >= 0.3 is 0 Å². The maximum absolute atomic E-state index is 10.1. The summed E-state index contributed by atoms with van der Waals surface area (Å²) in [7, 11) is 0. The van der Waals surface area contributed by atoms with Crippen molar-refractivity contribution in [3.63, 3.8) is 0 Å². The second-order valence-corrected chi connectivity index (χ2v) is 4.20. The van der Waals surface area contributed by atoms with Crippen LogP contribution < -0.4 is 0 Å². The SMILES string of the molecule is CCCCCC(O)c1coc2ccccc12. The lowest BCUT2D eigenvalue weighted by atomic mass is 10.0. The molecule has 0 fully saturated rings. The molecule has 16 heavy (non-hydrogen) atoms. The molecule has 0 aliphatic rings. The molecule has 1 N–H and O–H groups in total. The van der Waals surface area contributed by atoms with E-state index in [1.54, 1.807) is 6.26 Å². The Kier molecular flexibility index (Phi) is 3.62. The molecule has 86 valence electrons. The van der Waals surface area contributed by atoms with Gasteiger partial charge in [-0.05, 0) is 12.5 Å². The highest BCUT2D eigenvalue weighted by Gasteiger charge is 2.13. The smallest absolute Gasteiger partial charge is 0.134 e. The number of hydrogen-bond acceptors (Lipinski definition) is 2. The van der Waals surface area contributed by atoms with Gasteiger partial charge in [-0.3, -0.25) is 0 Å². The summed E-state index contributed by atoms with van der Waals surface area (Å²) in [6, 6.07) is 7.84. The largest absolute Gasteiger partial charge is 0.464 e. The van der Waals surface area contributed by atoms with Gasteiger partial charge in [-0.25, -0.2) is 0 Å². The molecule has 1 heterocycles. The molecule has 1 unspecified atom stereocenters. The summed E-state index contributed by atoms with van der Waals surface area (Å²) >= 11 is 0. The van der Waals surface area contributed by atoms with E-state index in [1.807, 2.05) is 24.3 Å². The number of aliphatic hydroxyl groups is 1. The van der Waals surface area contributed by atoms with Gasteiger partial charge in [0.15, 0.2) is 0 Å². The molecule has 2 aromatic rings. The number of aliphatic hydroxyl groups excluding tert-OH is 1. The molecule has 0 spiro atoms. The molecule has 0 radical (unpaired) electrons. The van der Waals surface area contributed by atoms with Gasteiger partial charge in [0, 0.05) is 10.9 Å². The lowest BCUT2D eigenvalue weighted by Gasteiger charge is -2.08. The summed E-state index contributed by atoms with van der Waals surface area (Å²) in [4.78, 5) is 0. The molecule has 0 aliphatic heterocycles. The van der Waals surface area contributed by atoms with Gasteiger partial charge in [0.25, 0.3) is 0 Å². The second-order valence-electron chi connectivity index (χ2n) is 4.20. The van der Waals surface area contributed by atoms with Crippen LogP contribution in [0.1, 0.15) is 44.3 Å². The van der Waals surface area contributed by atoms with Crippen LogP contribution in [0.4, 0.5) is 0 Å². The Morgan fingerprint density at radius 3 is 2.88 bits per heavy atom. The lowest BCUT2D eigenvalue weighted by molar-refractivity contribution is 0.164. The molecule has 2 heteroatoms. The Bertz CT molecular complexity index is 445. The van der Waals surface area contributed by atoms with E-state index in [0.717, 1.165) is 29.4 Å². The van der Waals surface area contributed by atoms with Crippen LogP contribution in [0, 0.1) is 0 Å². The monoisotopic (exact) mass is 218 g/mol. The van der Waals surface area contributed by atoms with Gasteiger partial charge in [-0.2, -0.15) is 0 Å². The predicted molar refractivity (Wildman–Crippen MR) is 65.3 cm³/mol. The van der Waals surface area contributed by atoms with E-state index in [0.29, 0.717) is 0 Å². The third-order valence-electron chi connectivity index (χ3n) is 2.95. The van der Waals surface area contributed by atoms with Crippen molar-refractivity contribution in [2.24, 2.45) is 0 Å². The molecule has 0 aliphatic carbocycles. The Balaban J connectivity index is 2.13. The minimum absolute atomic E-state index is 0.393. The van der Waals surface area contributed by atoms with Crippen molar-refractivity contribution >= 4 is 11.0 Å². The molecule has 0 amide bonds. The van der Waals surface area contributed by atoms with E-state index >= 15 is 0 Å². The van der Waals surface area contributed by atoms with Crippen molar-refractivity contribution in [1.29, 1.82) is 0 Å². The van der Waals surface area contributed by atoms with Crippen LogP contribution in [-0.4, -0.2) is 5.11 Å². The molecule has 2 rings (SSSR count). The quantitative estimate of drug-likeness (QED) is 0.768. The molecule has 0 saturated heterocycles. The van der Waals surface area contributed by atoms with Gasteiger partial charge in [0.2, 0.25) is 0 Å². The average Bonchev–Trinajstić information content (AvgIpc) is 2.73. The zero-order chi connectivity index (χ0) is 11.4. The first-order chi connectivity index (χ1) is 7.83. The van der Waals surface area contributed by atoms with Crippen LogP contribution in [0.25, 0.3) is 11.0 Å². The number of benzene rings is 1. The van der Waals surface area contributed by atoms with Crippen molar-refractivity contribution in [1.82, 2.24) is 0 Å². The number of fused-ring (bicyclic) bond motifs is 1. The fourth-order valence-electron chi connectivity index (χ4n) is 2.00. The van der Waals surface area contributed by atoms with Crippen molar-refractivity contribution in [2.75, 3.05) is 0 Å². The van der Waals surface area contributed by atoms with E-state index in [1.165, 1.54) is 12.8 Å². The summed E-state index contributed by atoms with van der Waals surface area (Å²) in [5.41, 5.74) is 1.78. The van der Waals surface area contributed by atoms with E-state index in [9.17, 15) is 5.11 Å². The van der Waals surface area contributed by atoms with Crippen molar-refractivity contribution in [3.05, 3.63) is 36.1 Å². The topological polar surface area (TPSA) is 33.4 Å². The van der Waals surface area contributed by atoms with Crippen LogP contribution in [0.2, 0.25) is 0 Å². The minimum Gasteiger partial charge on any atom is -0.464 e. The number of hydrogen-bond donors (Lipinski definition) is 1. The summed E-state index contributed by atoms with van der Waals surface area (Å²) in [6.45, 7) is 2.17. The van der Waals surface area contributed by atoms with Gasteiger partial charge in [0.05, 0.1) is 12.4 Å². The lowest BCUT2D eigenvalue weighted by Crippen LogP contribution is -1.95. The molecule has 2 nitrogen and oxygen atoms in total. The Morgan fingerprint density at radius 1 is 1.25 bits per heavy atom. The minimum atomic E-state index is -0.393. The van der Waals surface area contributed by atoms with E-state index in [2.05, 4.69) is 6.92 Å². The van der Waals surface area contributed by atoms with Crippen LogP contribution in [-0.2, 0) is 0 Å². The molecular formula is C14H18O2. The van der Waals surface area contributed by atoms with Crippen molar-refractivity contribution in [3.8, 4) is 0 Å². The number of furan rings is 1. The molecular weight excluding hydrogens is 200 g/mol. The summed E-state index contributed by atoms with van der Waals surface area (Å²) in [5, 5.41) is 11.1. The molecule has 0 bridgehead atoms. The zero-order valence-electron chi connectivity index (χ0n) is 9.65. The third-order valence-corrected chi connectivity index (χ3v) is 2.95. The summed E-state index contributed by atoms with van der Waals surface area (Å²) < 4.78 is 5.42. The Hall–Kier alpha value is -1.28. The average molecular weight is 218 g/mol. The zero-order valence-corrected chi connectivity index (χ0v) is 9.65. The highest BCUT2D eigenvalue weighted by molar-refractivity contribution is 5.81. The highest BCUT2D eigenvalue weighted by Crippen LogP contribution is 2.29. The van der Waals surface area contributed by atoms with Crippen LogP contribution in [0.15, 0.2) is 34.9 Å². The van der Waals surface area contributed by atoms with Crippen LogP contribution in [0.3, 0.4) is 0 Å². The van der Waals surface area contributed by atoms with Crippen molar-refractivity contribution in [2.45, 2.75) is 38.7 Å². The van der Waals surface area contributed by atoms with Gasteiger partial charge in [-0.15, -0.1) is 0 Å². The van der Waals surface area contributed by atoms with Gasteiger partial charge in [-0.1, -0.05) is 44.4 Å². The summed E-state index contributed by atoms with van der Waals surface area (Å²) in [5.74, 6) is 0. The normalized spacial score (nSPS) is 13.1. The first kappa shape index (κ1) is 11.2. The molecule has 1 atom stereocenters. The highest BCUT2D eigenvalue weighted by atomic mass is 16.3. The Labute approximate surface area is 95.9 Å². The van der Waals surface area contributed by atoms with Crippen LogP contribution >= 0.6 is 0 Å². The number of rotatable bonds is 5. The van der Waals surface area contributed by atoms with Crippen molar-refractivity contribution < 1.29 is 9.52 Å². The standard InChI is InChI=1S/C14H18O2/c1-2-3-4-8-13(15)12-10-16-14-9-6-5-7-11(12)14/h5-7,9-10,13,15H,2-4,8H2,1H3. The number of unbranched alkanes of at least 4 members (excludes halogenated alkanes) is 2. The first-order valence-corrected chi connectivity index (χ1v) is 5.97. The maximum atomic E-state index is 10.1. The maximum Gasteiger partial charge on any atom is 0.134 e. The van der Waals surface area contributed by atoms with Crippen LogP contribution in [0.5, 0.6) is 0 Å². The summed E-state index contributed by atoms with van der Waals surface area (Å²) in [6.07, 6.45) is 5.52. The fourth-order valence-corrected chi connectivity index (χ4v) is 2.00. The molecule has 1 aromatic carbocycles. The third kappa shape index (κ3) is 2.27. The van der Waals surface area contributed by atoms with E-state index < -0.39 is 6.10 Å². The fraction of sp³-hybridized carbons (Fsp3) is 0.429. The molecule has 1 aromatic heterocycles.